The second-order valence-electron chi connectivity index (χ2n) is 6.09. The normalized spacial score (nSPS) is 10.6. The van der Waals surface area contributed by atoms with Crippen molar-refractivity contribution in [2.24, 2.45) is 0 Å². The van der Waals surface area contributed by atoms with Crippen molar-refractivity contribution in [1.29, 1.82) is 0 Å². The van der Waals surface area contributed by atoms with Crippen LogP contribution in [-0.4, -0.2) is 26.2 Å². The van der Waals surface area contributed by atoms with Crippen LogP contribution < -0.4 is 9.80 Å². The highest BCUT2D eigenvalue weighted by Gasteiger charge is 2.09. The van der Waals surface area contributed by atoms with Crippen LogP contribution in [0.5, 0.6) is 0 Å². The third-order valence-electron chi connectivity index (χ3n) is 4.29. The van der Waals surface area contributed by atoms with Crippen molar-refractivity contribution in [1.82, 2.24) is 0 Å². The Morgan fingerprint density at radius 2 is 1.43 bits per heavy atom. The molecule has 0 atom stereocenters. The van der Waals surface area contributed by atoms with E-state index in [-0.39, 0.29) is 0 Å². The molecule has 0 spiro atoms. The highest BCUT2D eigenvalue weighted by Crippen LogP contribution is 2.18. The van der Waals surface area contributed by atoms with Crippen LogP contribution in [0.1, 0.15) is 32.3 Å². The highest BCUT2D eigenvalue weighted by molar-refractivity contribution is 5.50. The van der Waals surface area contributed by atoms with E-state index in [1.165, 1.54) is 29.8 Å². The van der Waals surface area contributed by atoms with Crippen molar-refractivity contribution < 1.29 is 0 Å². The first-order chi connectivity index (χ1) is 11.2. The molecule has 0 fully saturated rings. The Bertz CT molecular complexity index is 565. The molecule has 0 aliphatic carbocycles. The lowest BCUT2D eigenvalue weighted by Crippen LogP contribution is -2.35. The smallest absolute Gasteiger partial charge is 0.0369 e. The molecule has 2 rings (SSSR count). The Balaban J connectivity index is 2.04. The SMILES string of the molecule is CCCCN(CCN(CC)c1cccc(C)c1)c1ccccc1. The van der Waals surface area contributed by atoms with Gasteiger partial charge in [0.15, 0.2) is 0 Å². The van der Waals surface area contributed by atoms with Crippen molar-refractivity contribution in [2.45, 2.75) is 33.6 Å². The fraction of sp³-hybridized carbons (Fsp3) is 0.429. The molecule has 0 bridgehead atoms. The number of hydrogen-bond donors (Lipinski definition) is 0. The van der Waals surface area contributed by atoms with Crippen molar-refractivity contribution in [3.63, 3.8) is 0 Å². The molecule has 2 aromatic carbocycles. The average Bonchev–Trinajstić information content (AvgIpc) is 2.59. The molecule has 0 heterocycles. The Morgan fingerprint density at radius 3 is 2.09 bits per heavy atom. The summed E-state index contributed by atoms with van der Waals surface area (Å²) < 4.78 is 0. The van der Waals surface area contributed by atoms with Crippen LogP contribution in [0.25, 0.3) is 0 Å². The van der Waals surface area contributed by atoms with Gasteiger partial charge in [0.2, 0.25) is 0 Å². The summed E-state index contributed by atoms with van der Waals surface area (Å²) >= 11 is 0. The Labute approximate surface area is 141 Å². The molecular formula is C21H30N2. The number of benzene rings is 2. The summed E-state index contributed by atoms with van der Waals surface area (Å²) in [5.41, 5.74) is 3.99. The first-order valence-electron chi connectivity index (χ1n) is 8.86. The largest absolute Gasteiger partial charge is 0.370 e. The topological polar surface area (TPSA) is 6.48 Å². The lowest BCUT2D eigenvalue weighted by atomic mass is 10.2. The van der Waals surface area contributed by atoms with Crippen molar-refractivity contribution >= 4 is 11.4 Å². The highest BCUT2D eigenvalue weighted by atomic mass is 15.2. The lowest BCUT2D eigenvalue weighted by molar-refractivity contribution is 0.694. The molecule has 2 heteroatoms. The summed E-state index contributed by atoms with van der Waals surface area (Å²) in [7, 11) is 0. The summed E-state index contributed by atoms with van der Waals surface area (Å²) in [6.07, 6.45) is 2.48. The van der Waals surface area contributed by atoms with Gasteiger partial charge < -0.3 is 9.80 Å². The minimum Gasteiger partial charge on any atom is -0.370 e. The van der Waals surface area contributed by atoms with Crippen molar-refractivity contribution in [3.8, 4) is 0 Å². The second kappa shape index (κ2) is 9.24. The first-order valence-corrected chi connectivity index (χ1v) is 8.86. The van der Waals surface area contributed by atoms with Gasteiger partial charge in [0.05, 0.1) is 0 Å². The number of unbranched alkanes of at least 4 members (excludes halogenated alkanes) is 1. The quantitative estimate of drug-likeness (QED) is 0.633. The standard InChI is InChI=1S/C21H30N2/c1-4-6-15-23(20-12-8-7-9-13-20)17-16-22(5-2)21-14-10-11-19(3)18-21/h7-14,18H,4-6,15-17H2,1-3H3. The molecule has 0 N–H and O–H groups in total. The zero-order valence-corrected chi connectivity index (χ0v) is 14.8. The van der Waals surface area contributed by atoms with E-state index in [0.29, 0.717) is 0 Å². The Kier molecular flexibility index (Phi) is 6.99. The fourth-order valence-electron chi connectivity index (χ4n) is 2.89. The molecule has 0 saturated carbocycles. The van der Waals surface area contributed by atoms with Gasteiger partial charge in [0, 0.05) is 37.6 Å². The Morgan fingerprint density at radius 1 is 0.739 bits per heavy atom. The maximum absolute atomic E-state index is 2.52. The molecule has 23 heavy (non-hydrogen) atoms. The number of para-hydroxylation sites is 1. The van der Waals surface area contributed by atoms with E-state index < -0.39 is 0 Å². The molecule has 0 amide bonds. The molecule has 0 aliphatic heterocycles. The van der Waals surface area contributed by atoms with E-state index in [9.17, 15) is 0 Å². The fourth-order valence-corrected chi connectivity index (χ4v) is 2.89. The average molecular weight is 310 g/mol. The van der Waals surface area contributed by atoms with Crippen LogP contribution in [0.3, 0.4) is 0 Å². The van der Waals surface area contributed by atoms with Crippen LogP contribution in [0, 0.1) is 6.92 Å². The zero-order chi connectivity index (χ0) is 16.5. The molecular weight excluding hydrogens is 280 g/mol. The third kappa shape index (κ3) is 5.31. The molecule has 124 valence electrons. The van der Waals surface area contributed by atoms with Crippen LogP contribution in [0.2, 0.25) is 0 Å². The summed E-state index contributed by atoms with van der Waals surface area (Å²) in [5.74, 6) is 0. The predicted molar refractivity (Wildman–Crippen MR) is 103 cm³/mol. The Hall–Kier alpha value is -1.96. The van der Waals surface area contributed by atoms with Gasteiger partial charge >= 0.3 is 0 Å². The molecule has 2 aromatic rings. The van der Waals surface area contributed by atoms with Gasteiger partial charge in [-0.15, -0.1) is 0 Å². The van der Waals surface area contributed by atoms with E-state index in [1.807, 2.05) is 0 Å². The molecule has 0 unspecified atom stereocenters. The van der Waals surface area contributed by atoms with Gasteiger partial charge in [-0.05, 0) is 50.1 Å². The first kappa shape index (κ1) is 17.4. The molecule has 0 saturated heterocycles. The molecule has 0 radical (unpaired) electrons. The molecule has 0 aliphatic rings. The minimum atomic E-state index is 1.04. The summed E-state index contributed by atoms with van der Waals surface area (Å²) in [6.45, 7) is 10.9. The lowest BCUT2D eigenvalue weighted by Gasteiger charge is -2.30. The number of hydrogen-bond acceptors (Lipinski definition) is 2. The van der Waals surface area contributed by atoms with Crippen LogP contribution >= 0.6 is 0 Å². The zero-order valence-electron chi connectivity index (χ0n) is 14.8. The van der Waals surface area contributed by atoms with Gasteiger partial charge in [0.1, 0.15) is 0 Å². The number of aryl methyl sites for hydroxylation is 1. The van der Waals surface area contributed by atoms with Gasteiger partial charge in [0.25, 0.3) is 0 Å². The van der Waals surface area contributed by atoms with E-state index >= 15 is 0 Å². The van der Waals surface area contributed by atoms with Gasteiger partial charge in [-0.2, -0.15) is 0 Å². The number of likely N-dealkylation sites (N-methyl/N-ethyl adjacent to an activating group) is 1. The van der Waals surface area contributed by atoms with Gasteiger partial charge in [-0.1, -0.05) is 43.7 Å². The van der Waals surface area contributed by atoms with E-state index in [0.717, 1.165) is 26.2 Å². The minimum absolute atomic E-state index is 1.04. The van der Waals surface area contributed by atoms with Crippen LogP contribution in [0.15, 0.2) is 54.6 Å². The van der Waals surface area contributed by atoms with E-state index in [4.69, 9.17) is 0 Å². The monoisotopic (exact) mass is 310 g/mol. The van der Waals surface area contributed by atoms with E-state index in [1.54, 1.807) is 0 Å². The maximum Gasteiger partial charge on any atom is 0.0369 e. The summed E-state index contributed by atoms with van der Waals surface area (Å²) in [5, 5.41) is 0. The van der Waals surface area contributed by atoms with Crippen molar-refractivity contribution in [2.75, 3.05) is 36.0 Å². The number of rotatable bonds is 9. The van der Waals surface area contributed by atoms with Crippen LogP contribution in [0.4, 0.5) is 11.4 Å². The van der Waals surface area contributed by atoms with Gasteiger partial charge in [-0.25, -0.2) is 0 Å². The maximum atomic E-state index is 2.52. The molecule has 2 nitrogen and oxygen atoms in total. The van der Waals surface area contributed by atoms with Crippen molar-refractivity contribution in [3.05, 3.63) is 60.2 Å². The second-order valence-corrected chi connectivity index (χ2v) is 6.09. The number of anilines is 2. The summed E-state index contributed by atoms with van der Waals surface area (Å²) in [6, 6.07) is 19.6. The molecule has 0 aromatic heterocycles. The predicted octanol–water partition coefficient (Wildman–Crippen LogP) is 5.13. The third-order valence-corrected chi connectivity index (χ3v) is 4.29. The van der Waals surface area contributed by atoms with Gasteiger partial charge in [-0.3, -0.25) is 0 Å². The van der Waals surface area contributed by atoms with E-state index in [2.05, 4.69) is 85.2 Å². The summed E-state index contributed by atoms with van der Waals surface area (Å²) in [4.78, 5) is 4.98. The number of nitrogens with zero attached hydrogens (tertiary/aromatic N) is 2. The van der Waals surface area contributed by atoms with Crippen LogP contribution in [-0.2, 0) is 0 Å².